The Kier molecular flexibility index (Phi) is 9.56. The van der Waals surface area contributed by atoms with E-state index in [9.17, 15) is 0 Å². The topological polar surface area (TPSA) is 9.23 Å². The largest absolute Gasteiger partial charge is 1.00 e. The van der Waals surface area contributed by atoms with Gasteiger partial charge in [0.1, 0.15) is 0 Å². The molecule has 0 aromatic heterocycles. The van der Waals surface area contributed by atoms with E-state index in [4.69, 9.17) is 4.74 Å². The van der Waals surface area contributed by atoms with Crippen molar-refractivity contribution in [3.8, 4) is 0 Å². The minimum atomic E-state index is 0. The van der Waals surface area contributed by atoms with Crippen molar-refractivity contribution < 1.29 is 23.6 Å². The fourth-order valence-corrected chi connectivity index (χ4v) is 0.542. The SMILES string of the molecule is CO/C=C\C=C\C=[C-]C(C)(C)C.[Li+]. The molecule has 0 amide bonds. The van der Waals surface area contributed by atoms with Gasteiger partial charge in [0.15, 0.2) is 0 Å². The zero-order chi connectivity index (χ0) is 9.45. The van der Waals surface area contributed by atoms with Crippen LogP contribution in [0.15, 0.2) is 30.6 Å². The van der Waals surface area contributed by atoms with Crippen LogP contribution in [-0.2, 0) is 4.74 Å². The number of ether oxygens (including phenoxy) is 1. The third kappa shape index (κ3) is 14.5. The summed E-state index contributed by atoms with van der Waals surface area (Å²) in [7, 11) is 1.63. The van der Waals surface area contributed by atoms with Gasteiger partial charge in [-0.3, -0.25) is 6.08 Å². The van der Waals surface area contributed by atoms with Gasteiger partial charge < -0.3 is 4.74 Å². The normalized spacial score (nSPS) is 12.6. The Labute approximate surface area is 93.7 Å². The molecule has 0 spiro atoms. The van der Waals surface area contributed by atoms with Gasteiger partial charge in [-0.1, -0.05) is 26.2 Å². The Balaban J connectivity index is 0. The molecular formula is C11H17LiO. The van der Waals surface area contributed by atoms with Crippen LogP contribution >= 0.6 is 0 Å². The zero-order valence-electron chi connectivity index (χ0n) is 9.29. The minimum Gasteiger partial charge on any atom is -0.504 e. The fraction of sp³-hybridized carbons (Fsp3) is 0.455. The van der Waals surface area contributed by atoms with Crippen molar-refractivity contribution in [3.63, 3.8) is 0 Å². The second kappa shape index (κ2) is 8.23. The van der Waals surface area contributed by atoms with E-state index in [1.165, 1.54) is 0 Å². The van der Waals surface area contributed by atoms with Gasteiger partial charge in [0.25, 0.3) is 0 Å². The number of allylic oxidation sites excluding steroid dienone is 5. The van der Waals surface area contributed by atoms with Gasteiger partial charge in [0, 0.05) is 0 Å². The van der Waals surface area contributed by atoms with Crippen molar-refractivity contribution in [3.05, 3.63) is 36.6 Å². The Morgan fingerprint density at radius 3 is 2.15 bits per heavy atom. The quantitative estimate of drug-likeness (QED) is 0.254. The van der Waals surface area contributed by atoms with Gasteiger partial charge in [-0.25, -0.2) is 12.2 Å². The first-order valence-electron chi connectivity index (χ1n) is 4.02. The monoisotopic (exact) mass is 172 g/mol. The van der Waals surface area contributed by atoms with Crippen molar-refractivity contribution in [2.24, 2.45) is 5.41 Å². The first-order valence-corrected chi connectivity index (χ1v) is 4.02. The molecule has 0 bridgehead atoms. The van der Waals surface area contributed by atoms with Gasteiger partial charge >= 0.3 is 18.9 Å². The maximum atomic E-state index is 4.72. The van der Waals surface area contributed by atoms with Crippen LogP contribution in [0.3, 0.4) is 0 Å². The van der Waals surface area contributed by atoms with Crippen molar-refractivity contribution in [2.75, 3.05) is 7.11 Å². The minimum absolute atomic E-state index is 0. The summed E-state index contributed by atoms with van der Waals surface area (Å²) in [5.74, 6) is 0. The Hall–Kier alpha value is -0.383. The van der Waals surface area contributed by atoms with Gasteiger partial charge in [-0.15, -0.1) is 6.08 Å². The molecular weight excluding hydrogens is 155 g/mol. The van der Waals surface area contributed by atoms with Crippen LogP contribution in [0.5, 0.6) is 0 Å². The number of rotatable bonds is 3. The maximum absolute atomic E-state index is 4.72. The summed E-state index contributed by atoms with van der Waals surface area (Å²) in [6, 6.07) is 0. The van der Waals surface area contributed by atoms with Crippen molar-refractivity contribution >= 4 is 0 Å². The summed E-state index contributed by atoms with van der Waals surface area (Å²) < 4.78 is 4.72. The second-order valence-electron chi connectivity index (χ2n) is 3.51. The van der Waals surface area contributed by atoms with Gasteiger partial charge in [0.05, 0.1) is 13.4 Å². The van der Waals surface area contributed by atoms with E-state index >= 15 is 0 Å². The van der Waals surface area contributed by atoms with Crippen molar-refractivity contribution in [1.29, 1.82) is 0 Å². The zero-order valence-corrected chi connectivity index (χ0v) is 9.29. The van der Waals surface area contributed by atoms with E-state index < -0.39 is 0 Å². The van der Waals surface area contributed by atoms with Crippen molar-refractivity contribution in [2.45, 2.75) is 20.8 Å². The summed E-state index contributed by atoms with van der Waals surface area (Å²) in [4.78, 5) is 0. The van der Waals surface area contributed by atoms with E-state index in [2.05, 4.69) is 26.8 Å². The standard InChI is InChI=1S/C11H17O.Li/c1-11(2,3)9-7-5-6-8-10-12-4;/h5-8,10H,1-4H3;/q-1;+1/b6-5+,10-8-;. The molecule has 0 unspecified atom stereocenters. The van der Waals surface area contributed by atoms with Crippen LogP contribution < -0.4 is 18.9 Å². The molecule has 0 heterocycles. The summed E-state index contributed by atoms with van der Waals surface area (Å²) in [5, 5.41) is 0. The van der Waals surface area contributed by atoms with E-state index in [0.29, 0.717) is 0 Å². The Morgan fingerprint density at radius 2 is 1.69 bits per heavy atom. The first-order chi connectivity index (χ1) is 5.56. The molecule has 0 aliphatic rings. The van der Waals surface area contributed by atoms with E-state index in [1.54, 1.807) is 13.4 Å². The molecule has 0 aliphatic heterocycles. The average molecular weight is 172 g/mol. The van der Waals surface area contributed by atoms with Crippen LogP contribution in [0, 0.1) is 11.5 Å². The molecule has 0 saturated heterocycles. The van der Waals surface area contributed by atoms with E-state index in [-0.39, 0.29) is 24.3 Å². The van der Waals surface area contributed by atoms with Crippen LogP contribution in [0.2, 0.25) is 0 Å². The van der Waals surface area contributed by atoms with Crippen LogP contribution in [0.25, 0.3) is 0 Å². The summed E-state index contributed by atoms with van der Waals surface area (Å²) in [6.45, 7) is 6.34. The second-order valence-corrected chi connectivity index (χ2v) is 3.51. The van der Waals surface area contributed by atoms with Crippen LogP contribution in [0.1, 0.15) is 20.8 Å². The molecule has 0 atom stereocenters. The van der Waals surface area contributed by atoms with Crippen LogP contribution in [-0.4, -0.2) is 7.11 Å². The van der Waals surface area contributed by atoms with E-state index in [1.807, 2.05) is 24.3 Å². The predicted molar refractivity (Wildman–Crippen MR) is 52.6 cm³/mol. The Morgan fingerprint density at radius 1 is 1.08 bits per heavy atom. The van der Waals surface area contributed by atoms with Gasteiger partial charge in [-0.05, 0) is 6.08 Å². The van der Waals surface area contributed by atoms with E-state index in [0.717, 1.165) is 0 Å². The summed E-state index contributed by atoms with van der Waals surface area (Å²) in [6.07, 6.45) is 12.4. The predicted octanol–water partition coefficient (Wildman–Crippen LogP) is 0.112. The third-order valence-corrected chi connectivity index (χ3v) is 1.05. The fourth-order valence-electron chi connectivity index (χ4n) is 0.542. The molecule has 0 N–H and O–H groups in total. The third-order valence-electron chi connectivity index (χ3n) is 1.05. The summed E-state index contributed by atoms with van der Waals surface area (Å²) in [5.41, 5.74) is 0.134. The molecule has 0 saturated carbocycles. The molecule has 0 fully saturated rings. The molecule has 1 nitrogen and oxygen atoms in total. The molecule has 0 aliphatic carbocycles. The molecule has 0 rings (SSSR count). The summed E-state index contributed by atoms with van der Waals surface area (Å²) >= 11 is 0. The smallest absolute Gasteiger partial charge is 0.504 e. The molecule has 68 valence electrons. The molecule has 0 radical (unpaired) electrons. The van der Waals surface area contributed by atoms with Gasteiger partial charge in [0.2, 0.25) is 0 Å². The van der Waals surface area contributed by atoms with Crippen LogP contribution in [0.4, 0.5) is 0 Å². The molecule has 13 heavy (non-hydrogen) atoms. The Bertz CT molecular complexity index is 185. The maximum Gasteiger partial charge on any atom is 1.00 e. The molecule has 0 aromatic carbocycles. The molecule has 0 aromatic rings. The molecule has 2 heteroatoms. The van der Waals surface area contributed by atoms with Gasteiger partial charge in [-0.2, -0.15) is 0 Å². The first kappa shape index (κ1) is 15.1. The number of methoxy groups -OCH3 is 1. The number of hydrogen-bond acceptors (Lipinski definition) is 1. The average Bonchev–Trinajstić information content (AvgIpc) is 1.94. The van der Waals surface area contributed by atoms with Crippen molar-refractivity contribution in [1.82, 2.24) is 0 Å². The number of hydrogen-bond donors (Lipinski definition) is 0.